The first-order chi connectivity index (χ1) is 20.1. The molecule has 3 aliphatic carbocycles. The van der Waals surface area contributed by atoms with Gasteiger partial charge in [0.05, 0.1) is 23.2 Å². The Morgan fingerprint density at radius 3 is 2.23 bits per heavy atom. The van der Waals surface area contributed by atoms with E-state index in [1.165, 1.54) is 19.0 Å². The summed E-state index contributed by atoms with van der Waals surface area (Å²) in [7, 11) is 6.46. The maximum atomic E-state index is 14.1. The molecule has 6 atom stereocenters. The number of fused-ring (bicyclic) bond motifs is 3. The van der Waals surface area contributed by atoms with Crippen LogP contribution in [0.4, 0.5) is 20.2 Å². The fraction of sp³-hybridized carbons (Fsp3) is 0.433. The summed E-state index contributed by atoms with van der Waals surface area (Å²) in [5, 5.41) is 25.9. The van der Waals surface area contributed by atoms with Gasteiger partial charge < -0.3 is 26.2 Å². The normalized spacial score (nSPS) is 28.3. The predicted octanol–water partition coefficient (Wildman–Crippen LogP) is 0.823. The van der Waals surface area contributed by atoms with Crippen LogP contribution in [0, 0.1) is 35.3 Å². The van der Waals surface area contributed by atoms with Gasteiger partial charge in [-0.2, -0.15) is 0 Å². The Labute approximate surface area is 245 Å². The zero-order valence-electron chi connectivity index (χ0n) is 24.0. The highest BCUT2D eigenvalue weighted by atomic mass is 19.1. The minimum absolute atomic E-state index is 0.0552. The summed E-state index contributed by atoms with van der Waals surface area (Å²) in [6.45, 7) is -0.114. The number of aromatic hydroxyl groups is 1. The third-order valence-corrected chi connectivity index (χ3v) is 8.92. The topological polar surface area (TPSA) is 170 Å². The lowest BCUT2D eigenvalue weighted by molar-refractivity contribution is -0.181. The molecule has 2 fully saturated rings. The summed E-state index contributed by atoms with van der Waals surface area (Å²) in [6, 6.07) is 3.32. The zero-order chi connectivity index (χ0) is 31.7. The number of rotatable bonds is 6. The molecule has 2 aromatic rings. The molecule has 0 spiro atoms. The van der Waals surface area contributed by atoms with Crippen LogP contribution in [-0.4, -0.2) is 84.0 Å². The van der Waals surface area contributed by atoms with Gasteiger partial charge >= 0.3 is 0 Å². The average Bonchev–Trinajstić information content (AvgIpc) is 2.89. The minimum atomic E-state index is -2.83. The molecule has 0 radical (unpaired) electrons. The number of benzene rings is 2. The van der Waals surface area contributed by atoms with Crippen LogP contribution in [0.25, 0.3) is 0 Å². The van der Waals surface area contributed by atoms with Crippen LogP contribution >= 0.6 is 0 Å². The summed E-state index contributed by atoms with van der Waals surface area (Å²) in [5.74, 6) is -13.1. The standard InChI is InChI=1S/C30H32F2N4O7/c1-35(2)19-10-18(34-11-12-5-14(31)9-15(32)6-12)24(37)21-16(19)7-13-8-17-23(36(3)4)26(39)22(29(33)42)28(41)30(17,43)27(40)20(13)25(21)38/h5-6,9-10,13,17,20,22-23,34,37,43H,7-8,11H2,1-4H3,(H2,33,42). The van der Waals surface area contributed by atoms with E-state index in [9.17, 15) is 43.0 Å². The molecule has 0 bridgehead atoms. The summed E-state index contributed by atoms with van der Waals surface area (Å²) >= 11 is 0. The second-order valence-electron chi connectivity index (χ2n) is 12.0. The number of phenolic OH excluding ortho intramolecular Hbond substituents is 1. The Balaban J connectivity index is 1.59. The van der Waals surface area contributed by atoms with Crippen molar-refractivity contribution < 1.29 is 43.0 Å². The monoisotopic (exact) mass is 598 g/mol. The third-order valence-electron chi connectivity index (χ3n) is 8.92. The number of phenols is 1. The first-order valence-corrected chi connectivity index (χ1v) is 13.7. The van der Waals surface area contributed by atoms with E-state index in [0.29, 0.717) is 11.3 Å². The van der Waals surface area contributed by atoms with E-state index in [0.717, 1.165) is 18.2 Å². The van der Waals surface area contributed by atoms with Gasteiger partial charge in [-0.3, -0.25) is 28.9 Å². The van der Waals surface area contributed by atoms with E-state index in [4.69, 9.17) is 5.73 Å². The maximum absolute atomic E-state index is 14.1. The number of nitrogens with one attached hydrogen (secondary N) is 1. The fourth-order valence-electron chi connectivity index (χ4n) is 7.10. The molecule has 6 unspecified atom stereocenters. The molecule has 228 valence electrons. The molecule has 11 nitrogen and oxygen atoms in total. The van der Waals surface area contributed by atoms with Gasteiger partial charge in [-0.1, -0.05) is 0 Å². The molecule has 43 heavy (non-hydrogen) atoms. The number of Topliss-reactive ketones (excluding diaryl/α,β-unsaturated/α-hetero) is 4. The van der Waals surface area contributed by atoms with Gasteiger partial charge in [-0.15, -0.1) is 0 Å². The summed E-state index contributed by atoms with van der Waals surface area (Å²) in [6.07, 6.45) is 0.0327. The third kappa shape index (κ3) is 4.58. The number of primary amides is 1. The number of anilines is 2. The quantitative estimate of drug-likeness (QED) is 0.276. The van der Waals surface area contributed by atoms with Crippen molar-refractivity contribution in [1.29, 1.82) is 0 Å². The van der Waals surface area contributed by atoms with E-state index in [-0.39, 0.29) is 36.2 Å². The number of carbonyl (C=O) groups is 5. The van der Waals surface area contributed by atoms with Gasteiger partial charge in [0.25, 0.3) is 0 Å². The van der Waals surface area contributed by atoms with Gasteiger partial charge in [0.2, 0.25) is 5.91 Å². The van der Waals surface area contributed by atoms with Crippen LogP contribution in [0.5, 0.6) is 5.75 Å². The van der Waals surface area contributed by atoms with Crippen molar-refractivity contribution in [3.8, 4) is 5.75 Å². The van der Waals surface area contributed by atoms with E-state index >= 15 is 0 Å². The van der Waals surface area contributed by atoms with Crippen LogP contribution in [0.1, 0.15) is 27.9 Å². The molecule has 13 heteroatoms. The molecule has 1 amide bonds. The van der Waals surface area contributed by atoms with Gasteiger partial charge in [-0.25, -0.2) is 8.78 Å². The highest BCUT2D eigenvalue weighted by Gasteiger charge is 2.69. The van der Waals surface area contributed by atoms with Crippen molar-refractivity contribution in [3.63, 3.8) is 0 Å². The molecular weight excluding hydrogens is 566 g/mol. The molecule has 0 saturated heterocycles. The van der Waals surface area contributed by atoms with Crippen LogP contribution in [-0.2, 0) is 32.1 Å². The second-order valence-corrected chi connectivity index (χ2v) is 12.0. The van der Waals surface area contributed by atoms with Crippen LogP contribution in [0.2, 0.25) is 0 Å². The smallest absolute Gasteiger partial charge is 0.235 e. The Kier molecular flexibility index (Phi) is 7.38. The van der Waals surface area contributed by atoms with Crippen LogP contribution < -0.4 is 16.0 Å². The Hall–Kier alpha value is -4.23. The predicted molar refractivity (Wildman–Crippen MR) is 149 cm³/mol. The number of amides is 1. The Bertz CT molecular complexity index is 1570. The summed E-state index contributed by atoms with van der Waals surface area (Å²) in [5.41, 5.74) is 3.58. The van der Waals surface area contributed by atoms with Gasteiger partial charge in [0, 0.05) is 38.3 Å². The summed E-state index contributed by atoms with van der Waals surface area (Å²) in [4.78, 5) is 70.0. The molecule has 5 rings (SSSR count). The molecule has 0 aromatic heterocycles. The van der Waals surface area contributed by atoms with Crippen LogP contribution in [0.15, 0.2) is 24.3 Å². The zero-order valence-corrected chi connectivity index (χ0v) is 24.0. The lowest BCUT2D eigenvalue weighted by Crippen LogP contribution is -2.74. The molecule has 2 saturated carbocycles. The van der Waals surface area contributed by atoms with Crippen molar-refractivity contribution in [2.24, 2.45) is 29.4 Å². The Morgan fingerprint density at radius 2 is 1.67 bits per heavy atom. The largest absolute Gasteiger partial charge is 0.505 e. The van der Waals surface area contributed by atoms with E-state index in [1.807, 2.05) is 0 Å². The summed E-state index contributed by atoms with van der Waals surface area (Å²) < 4.78 is 27.4. The van der Waals surface area contributed by atoms with Crippen molar-refractivity contribution in [2.75, 3.05) is 38.4 Å². The van der Waals surface area contributed by atoms with E-state index in [2.05, 4.69) is 5.32 Å². The number of nitrogens with two attached hydrogens (primary N) is 1. The van der Waals surface area contributed by atoms with Crippen molar-refractivity contribution in [2.45, 2.75) is 31.0 Å². The number of halogens is 2. The van der Waals surface area contributed by atoms with Crippen molar-refractivity contribution in [1.82, 2.24) is 4.90 Å². The van der Waals surface area contributed by atoms with Gasteiger partial charge in [0.1, 0.15) is 17.4 Å². The van der Waals surface area contributed by atoms with E-state index < -0.39 is 81.7 Å². The van der Waals surface area contributed by atoms with E-state index in [1.54, 1.807) is 25.1 Å². The highest BCUT2D eigenvalue weighted by Crippen LogP contribution is 2.52. The average molecular weight is 599 g/mol. The lowest BCUT2D eigenvalue weighted by atomic mass is 9.52. The van der Waals surface area contributed by atoms with Crippen LogP contribution in [0.3, 0.4) is 0 Å². The number of aliphatic hydroxyl groups is 1. The number of nitrogens with zero attached hydrogens (tertiary/aromatic N) is 2. The molecular formula is C30H32F2N4O7. The van der Waals surface area contributed by atoms with Gasteiger partial charge in [-0.05, 0) is 62.2 Å². The first kappa shape index (κ1) is 30.2. The lowest BCUT2D eigenvalue weighted by Gasteiger charge is -2.52. The number of likely N-dealkylation sites (N-methyl/N-ethyl adjacent to an activating group) is 1. The number of ketones is 4. The first-order valence-electron chi connectivity index (χ1n) is 13.7. The molecule has 2 aromatic carbocycles. The SMILES string of the molecule is CN(C)c1cc(NCc2cc(F)cc(F)c2)c(O)c2c1CC1CC3C(N(C)C)C(=O)C(C(N)=O)C(=O)C3(O)C(=O)C1C2=O. The molecule has 0 heterocycles. The Morgan fingerprint density at radius 1 is 1.05 bits per heavy atom. The second kappa shape index (κ2) is 10.5. The molecule has 5 N–H and O–H groups in total. The number of carbonyl (C=O) groups excluding carboxylic acids is 5. The number of hydrogen-bond donors (Lipinski definition) is 4. The van der Waals surface area contributed by atoms with Crippen molar-refractivity contribution >= 4 is 40.4 Å². The van der Waals surface area contributed by atoms with Gasteiger partial charge in [0.15, 0.2) is 34.7 Å². The number of hydrogen-bond acceptors (Lipinski definition) is 10. The van der Waals surface area contributed by atoms with Crippen molar-refractivity contribution in [3.05, 3.63) is 52.6 Å². The maximum Gasteiger partial charge on any atom is 0.235 e. The molecule has 3 aliphatic rings. The highest BCUT2D eigenvalue weighted by molar-refractivity contribution is 6.32. The molecule has 0 aliphatic heterocycles. The minimum Gasteiger partial charge on any atom is -0.505 e. The fourth-order valence-corrected chi connectivity index (χ4v) is 7.10.